The van der Waals surface area contributed by atoms with Crippen LogP contribution in [0.25, 0.3) is 44.2 Å². The van der Waals surface area contributed by atoms with E-state index < -0.39 is 5.41 Å². The number of hydrogen-bond acceptors (Lipinski definition) is 4. The molecule has 4 nitrogen and oxygen atoms in total. The quantitative estimate of drug-likeness (QED) is 0.154. The van der Waals surface area contributed by atoms with E-state index in [-0.39, 0.29) is 0 Å². The van der Waals surface area contributed by atoms with Crippen LogP contribution in [0.3, 0.4) is 0 Å². The van der Waals surface area contributed by atoms with E-state index in [1.54, 1.807) is 0 Å². The topological polar surface area (TPSA) is 54.1 Å². The number of fused-ring (bicyclic) bond motifs is 5. The van der Waals surface area contributed by atoms with Gasteiger partial charge in [0.25, 0.3) is 0 Å². The van der Waals surface area contributed by atoms with Crippen molar-refractivity contribution in [2.45, 2.75) is 19.3 Å². The fourth-order valence-electron chi connectivity index (χ4n) is 9.13. The minimum atomic E-state index is -0.408. The molecule has 9 aromatic carbocycles. The standard InChI is InChI=1S/C57H40N4/c1-57(2)51-35-47(60(45-21-11-5-12-22-45)53-31-27-41(33-43(53)37-58)39-17-7-3-8-18-39)29-30-50(51)56-49-26-16-15-25-48(49)55(36-52(56)57)61(46-23-13-6-14-24-46)54-32-28-42(34-44(54)38-59)40-19-9-4-10-20-40/h3-36H,1-2H3. The van der Waals surface area contributed by atoms with Crippen molar-refractivity contribution in [1.29, 1.82) is 10.5 Å². The van der Waals surface area contributed by atoms with Crippen LogP contribution >= 0.6 is 0 Å². The van der Waals surface area contributed by atoms with Crippen LogP contribution in [0.4, 0.5) is 34.1 Å². The molecular weight excluding hydrogens is 741 g/mol. The van der Waals surface area contributed by atoms with E-state index in [0.29, 0.717) is 11.1 Å². The second kappa shape index (κ2) is 15.2. The summed E-state index contributed by atoms with van der Waals surface area (Å²) < 4.78 is 0. The Balaban J connectivity index is 1.15. The maximum absolute atomic E-state index is 10.7. The number of nitriles is 2. The van der Waals surface area contributed by atoms with Gasteiger partial charge in [-0.2, -0.15) is 10.5 Å². The van der Waals surface area contributed by atoms with Crippen molar-refractivity contribution in [2.24, 2.45) is 0 Å². The normalized spacial score (nSPS) is 12.2. The van der Waals surface area contributed by atoms with E-state index in [0.717, 1.165) is 67.2 Å². The number of para-hydroxylation sites is 2. The van der Waals surface area contributed by atoms with Gasteiger partial charge in [0, 0.05) is 27.9 Å². The molecule has 0 aromatic heterocycles. The second-order valence-corrected chi connectivity index (χ2v) is 16.0. The maximum atomic E-state index is 10.7. The van der Waals surface area contributed by atoms with Crippen LogP contribution < -0.4 is 9.80 Å². The molecule has 10 rings (SSSR count). The molecule has 0 radical (unpaired) electrons. The Morgan fingerprint density at radius 1 is 0.377 bits per heavy atom. The Kier molecular flexibility index (Phi) is 9.25. The molecule has 288 valence electrons. The van der Waals surface area contributed by atoms with Gasteiger partial charge in [0.15, 0.2) is 0 Å². The van der Waals surface area contributed by atoms with Gasteiger partial charge in [-0.25, -0.2) is 0 Å². The minimum absolute atomic E-state index is 0.408. The molecule has 1 aliphatic rings. The first-order chi connectivity index (χ1) is 29.9. The summed E-state index contributed by atoms with van der Waals surface area (Å²) >= 11 is 0. The van der Waals surface area contributed by atoms with Crippen LogP contribution in [0.15, 0.2) is 206 Å². The number of hydrogen-bond donors (Lipinski definition) is 0. The highest BCUT2D eigenvalue weighted by Crippen LogP contribution is 2.56. The van der Waals surface area contributed by atoms with Crippen molar-refractivity contribution in [2.75, 3.05) is 9.80 Å². The molecule has 61 heavy (non-hydrogen) atoms. The van der Waals surface area contributed by atoms with Crippen LogP contribution in [0.5, 0.6) is 0 Å². The molecule has 0 fully saturated rings. The predicted molar refractivity (Wildman–Crippen MR) is 251 cm³/mol. The third-order valence-electron chi connectivity index (χ3n) is 12.1. The summed E-state index contributed by atoms with van der Waals surface area (Å²) in [5.74, 6) is 0. The zero-order chi connectivity index (χ0) is 41.5. The van der Waals surface area contributed by atoms with Crippen LogP contribution in [0.1, 0.15) is 36.1 Å². The van der Waals surface area contributed by atoms with Gasteiger partial charge < -0.3 is 9.80 Å². The van der Waals surface area contributed by atoms with Crippen molar-refractivity contribution in [1.82, 2.24) is 0 Å². The molecule has 9 aromatic rings. The molecule has 0 amide bonds. The molecular formula is C57H40N4. The molecule has 0 spiro atoms. The molecule has 0 bridgehead atoms. The van der Waals surface area contributed by atoms with Gasteiger partial charge in [-0.3, -0.25) is 0 Å². The molecule has 0 heterocycles. The fraction of sp³-hybridized carbons (Fsp3) is 0.0526. The number of anilines is 6. The lowest BCUT2D eigenvalue weighted by atomic mass is 9.81. The number of nitrogens with zero attached hydrogens (tertiary/aromatic N) is 4. The first kappa shape index (κ1) is 37.1. The molecule has 0 saturated heterocycles. The highest BCUT2D eigenvalue weighted by atomic mass is 15.2. The predicted octanol–water partition coefficient (Wildman–Crippen LogP) is 15.2. The third kappa shape index (κ3) is 6.39. The Bertz CT molecular complexity index is 3180. The Labute approximate surface area is 357 Å². The van der Waals surface area contributed by atoms with Gasteiger partial charge in [-0.05, 0) is 117 Å². The zero-order valence-corrected chi connectivity index (χ0v) is 33.9. The summed E-state index contributed by atoms with van der Waals surface area (Å²) in [4.78, 5) is 4.45. The molecule has 0 saturated carbocycles. The highest BCUT2D eigenvalue weighted by molar-refractivity contribution is 6.10. The summed E-state index contributed by atoms with van der Waals surface area (Å²) in [5, 5.41) is 23.6. The van der Waals surface area contributed by atoms with Gasteiger partial charge in [0.2, 0.25) is 0 Å². The Morgan fingerprint density at radius 3 is 1.39 bits per heavy atom. The highest BCUT2D eigenvalue weighted by Gasteiger charge is 2.39. The van der Waals surface area contributed by atoms with E-state index in [1.165, 1.54) is 22.3 Å². The van der Waals surface area contributed by atoms with Gasteiger partial charge in [0.05, 0.1) is 28.2 Å². The van der Waals surface area contributed by atoms with Crippen LogP contribution in [0, 0.1) is 22.7 Å². The van der Waals surface area contributed by atoms with Gasteiger partial charge in [0.1, 0.15) is 12.1 Å². The Morgan fingerprint density at radius 2 is 0.852 bits per heavy atom. The third-order valence-corrected chi connectivity index (χ3v) is 12.1. The van der Waals surface area contributed by atoms with Crippen molar-refractivity contribution in [3.05, 3.63) is 229 Å². The van der Waals surface area contributed by atoms with E-state index in [4.69, 9.17) is 0 Å². The average Bonchev–Trinajstić information content (AvgIpc) is 3.55. The summed E-state index contributed by atoms with van der Waals surface area (Å²) in [6.07, 6.45) is 0. The van der Waals surface area contributed by atoms with Crippen molar-refractivity contribution in [3.8, 4) is 45.5 Å². The number of rotatable bonds is 8. The summed E-state index contributed by atoms with van der Waals surface area (Å²) in [6.45, 7) is 4.62. The number of benzene rings is 9. The van der Waals surface area contributed by atoms with Crippen LogP contribution in [-0.4, -0.2) is 0 Å². The zero-order valence-electron chi connectivity index (χ0n) is 33.9. The molecule has 4 heteroatoms. The van der Waals surface area contributed by atoms with Gasteiger partial charge >= 0.3 is 0 Å². The van der Waals surface area contributed by atoms with Gasteiger partial charge in [-0.15, -0.1) is 0 Å². The Hall–Kier alpha value is -8.18. The van der Waals surface area contributed by atoms with E-state index >= 15 is 0 Å². The monoisotopic (exact) mass is 780 g/mol. The van der Waals surface area contributed by atoms with Crippen molar-refractivity contribution in [3.63, 3.8) is 0 Å². The molecule has 0 unspecified atom stereocenters. The lowest BCUT2D eigenvalue weighted by Crippen LogP contribution is -2.18. The van der Waals surface area contributed by atoms with Crippen LogP contribution in [-0.2, 0) is 5.41 Å². The maximum Gasteiger partial charge on any atom is 0.101 e. The van der Waals surface area contributed by atoms with E-state index in [1.807, 2.05) is 72.8 Å². The molecule has 0 aliphatic heterocycles. The largest absolute Gasteiger partial charge is 0.309 e. The van der Waals surface area contributed by atoms with E-state index in [2.05, 4.69) is 169 Å². The average molecular weight is 781 g/mol. The second-order valence-electron chi connectivity index (χ2n) is 16.0. The molecule has 0 atom stereocenters. The molecule has 1 aliphatic carbocycles. The summed E-state index contributed by atoms with van der Waals surface area (Å²) in [6, 6.07) is 76.3. The molecule has 0 N–H and O–H groups in total. The lowest BCUT2D eigenvalue weighted by Gasteiger charge is -2.31. The first-order valence-corrected chi connectivity index (χ1v) is 20.6. The van der Waals surface area contributed by atoms with Gasteiger partial charge in [-0.1, -0.05) is 153 Å². The summed E-state index contributed by atoms with van der Waals surface area (Å²) in [5.41, 5.74) is 15.3. The van der Waals surface area contributed by atoms with Crippen LogP contribution in [0.2, 0.25) is 0 Å². The lowest BCUT2D eigenvalue weighted by molar-refractivity contribution is 0.661. The minimum Gasteiger partial charge on any atom is -0.309 e. The van der Waals surface area contributed by atoms with Crippen molar-refractivity contribution >= 4 is 44.9 Å². The fourth-order valence-corrected chi connectivity index (χ4v) is 9.13. The first-order valence-electron chi connectivity index (χ1n) is 20.6. The smallest absolute Gasteiger partial charge is 0.101 e. The van der Waals surface area contributed by atoms with Crippen molar-refractivity contribution < 1.29 is 0 Å². The summed E-state index contributed by atoms with van der Waals surface area (Å²) in [7, 11) is 0. The SMILES string of the molecule is CC1(C)c2cc(N(c3ccccc3)c3ccc(-c4ccccc4)cc3C#N)ccc2-c2c1cc(N(c1ccccc1)c1ccc(-c3ccccc3)cc1C#N)c1ccccc21. The van der Waals surface area contributed by atoms with E-state index in [9.17, 15) is 10.5 Å².